The van der Waals surface area contributed by atoms with Gasteiger partial charge in [0.05, 0.1) is 6.04 Å². The summed E-state index contributed by atoms with van der Waals surface area (Å²) in [6.45, 7) is 2.07. The van der Waals surface area contributed by atoms with E-state index in [-0.39, 0.29) is 0 Å². The summed E-state index contributed by atoms with van der Waals surface area (Å²) in [5, 5.41) is 4.07. The quantitative estimate of drug-likeness (QED) is 0.548. The maximum absolute atomic E-state index is 4.07. The average molecular weight is 121 g/mol. The lowest BCUT2D eigenvalue weighted by Crippen LogP contribution is -1.97. The summed E-state index contributed by atoms with van der Waals surface area (Å²) >= 11 is 0. The van der Waals surface area contributed by atoms with Gasteiger partial charge in [-0.15, -0.1) is 0 Å². The lowest BCUT2D eigenvalue weighted by atomic mass is 10.5. The summed E-state index contributed by atoms with van der Waals surface area (Å²) in [4.78, 5) is 0. The van der Waals surface area contributed by atoms with Crippen LogP contribution in [0.4, 0.5) is 0 Å². The zero-order valence-corrected chi connectivity index (χ0v) is 5.46. The van der Waals surface area contributed by atoms with E-state index in [1.165, 1.54) is 18.5 Å². The maximum atomic E-state index is 4.07. The van der Waals surface area contributed by atoms with Gasteiger partial charge in [0, 0.05) is 5.69 Å². The number of hydrogen-bond donors (Lipinski definition) is 0. The van der Waals surface area contributed by atoms with Gasteiger partial charge >= 0.3 is 0 Å². The molecule has 1 aromatic rings. The highest BCUT2D eigenvalue weighted by Gasteiger charge is 2.24. The van der Waals surface area contributed by atoms with E-state index in [0.717, 1.165) is 0 Å². The van der Waals surface area contributed by atoms with E-state index in [0.29, 0.717) is 6.04 Å². The Morgan fingerprint density at radius 2 is 2.56 bits per heavy atom. The molecule has 1 heterocycles. The van der Waals surface area contributed by atoms with Gasteiger partial charge in [0.2, 0.25) is 0 Å². The van der Waals surface area contributed by atoms with Gasteiger partial charge in [0.25, 0.3) is 0 Å². The minimum Gasteiger partial charge on any atom is -0.266 e. The Hall–Kier alpha value is -0.790. The highest BCUT2D eigenvalue weighted by Crippen LogP contribution is 2.34. The Bertz CT molecular complexity index is 210. The third-order valence-corrected chi connectivity index (χ3v) is 1.69. The summed E-state index contributed by atoms with van der Waals surface area (Å²) in [5.74, 6) is 0. The van der Waals surface area contributed by atoms with Crippen LogP contribution in [-0.4, -0.2) is 9.78 Å². The predicted octanol–water partition coefficient (Wildman–Crippen LogP) is 1.33. The molecule has 9 heavy (non-hydrogen) atoms. The minimum absolute atomic E-state index is 0.705. The van der Waals surface area contributed by atoms with Gasteiger partial charge in [-0.25, -0.2) is 0 Å². The highest BCUT2D eigenvalue weighted by atomic mass is 15.3. The summed E-state index contributed by atoms with van der Waals surface area (Å²) in [7, 11) is 0. The molecule has 0 amide bonds. The van der Waals surface area contributed by atoms with E-state index in [2.05, 4.69) is 22.9 Å². The lowest BCUT2D eigenvalue weighted by Gasteiger charge is -1.97. The molecule has 0 N–H and O–H groups in total. The summed E-state index contributed by atoms with van der Waals surface area (Å²) in [5.41, 5.74) is 1.23. The van der Waals surface area contributed by atoms with Crippen molar-refractivity contribution in [2.45, 2.75) is 25.8 Å². The van der Waals surface area contributed by atoms with Crippen molar-refractivity contribution >= 4 is 0 Å². The number of aryl methyl sites for hydroxylation is 1. The molecule has 0 bridgehead atoms. The molecule has 1 radical (unpaired) electrons. The molecule has 2 rings (SSSR count). The molecule has 0 aliphatic heterocycles. The van der Waals surface area contributed by atoms with Crippen molar-refractivity contribution in [1.29, 1.82) is 0 Å². The smallest absolute Gasteiger partial charge is 0.113 e. The minimum atomic E-state index is 0.705. The molecule has 1 fully saturated rings. The number of hydrogen-bond acceptors (Lipinski definition) is 1. The van der Waals surface area contributed by atoms with Crippen LogP contribution < -0.4 is 0 Å². The SMILES string of the molecule is Cc1c[c]nn1C1CC1. The zero-order valence-electron chi connectivity index (χ0n) is 5.46. The standard InChI is InChI=1S/C7H9N2/c1-6-4-5-8-9(6)7-2-3-7/h4,7H,2-3H2,1H3. The topological polar surface area (TPSA) is 17.8 Å². The Kier molecular flexibility index (Phi) is 0.891. The van der Waals surface area contributed by atoms with Crippen LogP contribution >= 0.6 is 0 Å². The van der Waals surface area contributed by atoms with E-state index < -0.39 is 0 Å². The third-order valence-electron chi connectivity index (χ3n) is 1.69. The van der Waals surface area contributed by atoms with Crippen LogP contribution in [0.3, 0.4) is 0 Å². The second kappa shape index (κ2) is 1.59. The first-order chi connectivity index (χ1) is 4.38. The molecule has 1 saturated carbocycles. The van der Waals surface area contributed by atoms with Crippen molar-refractivity contribution in [3.63, 3.8) is 0 Å². The van der Waals surface area contributed by atoms with Gasteiger partial charge in [0.15, 0.2) is 0 Å². The lowest BCUT2D eigenvalue weighted by molar-refractivity contribution is 0.621. The largest absolute Gasteiger partial charge is 0.266 e. The average Bonchev–Trinajstić information content (AvgIpc) is 2.58. The van der Waals surface area contributed by atoms with Gasteiger partial charge in [0.1, 0.15) is 6.20 Å². The van der Waals surface area contributed by atoms with Crippen LogP contribution in [0.15, 0.2) is 6.07 Å². The van der Waals surface area contributed by atoms with E-state index in [4.69, 9.17) is 0 Å². The molecular formula is C7H9N2. The highest BCUT2D eigenvalue weighted by molar-refractivity contribution is 4.99. The monoisotopic (exact) mass is 121 g/mol. The fraction of sp³-hybridized carbons (Fsp3) is 0.571. The van der Waals surface area contributed by atoms with Crippen LogP contribution in [0, 0.1) is 13.1 Å². The number of rotatable bonds is 1. The Morgan fingerprint density at radius 3 is 3.00 bits per heavy atom. The van der Waals surface area contributed by atoms with Crippen molar-refractivity contribution in [3.8, 4) is 0 Å². The molecule has 1 aromatic heterocycles. The molecule has 0 saturated heterocycles. The van der Waals surface area contributed by atoms with Crippen molar-refractivity contribution in [2.75, 3.05) is 0 Å². The molecule has 0 spiro atoms. The van der Waals surface area contributed by atoms with E-state index in [1.54, 1.807) is 0 Å². The van der Waals surface area contributed by atoms with Crippen molar-refractivity contribution < 1.29 is 0 Å². The van der Waals surface area contributed by atoms with Crippen LogP contribution in [0.1, 0.15) is 24.6 Å². The van der Waals surface area contributed by atoms with Crippen molar-refractivity contribution in [2.24, 2.45) is 0 Å². The van der Waals surface area contributed by atoms with Gasteiger partial charge in [-0.05, 0) is 25.8 Å². The molecule has 1 aliphatic carbocycles. The first kappa shape index (κ1) is 5.03. The fourth-order valence-corrected chi connectivity index (χ4v) is 1.02. The summed E-state index contributed by atoms with van der Waals surface area (Å²) in [6.07, 6.45) is 5.44. The molecule has 0 unspecified atom stereocenters. The van der Waals surface area contributed by atoms with Crippen molar-refractivity contribution in [3.05, 3.63) is 18.0 Å². The first-order valence-electron chi connectivity index (χ1n) is 3.30. The molecule has 0 aromatic carbocycles. The van der Waals surface area contributed by atoms with Crippen LogP contribution in [0.2, 0.25) is 0 Å². The second-order valence-corrected chi connectivity index (χ2v) is 2.59. The van der Waals surface area contributed by atoms with Gasteiger partial charge < -0.3 is 0 Å². The number of aromatic nitrogens is 2. The molecule has 2 nitrogen and oxygen atoms in total. The Morgan fingerprint density at radius 1 is 1.78 bits per heavy atom. The van der Waals surface area contributed by atoms with Crippen molar-refractivity contribution in [1.82, 2.24) is 9.78 Å². The van der Waals surface area contributed by atoms with E-state index in [1.807, 2.05) is 6.07 Å². The maximum Gasteiger partial charge on any atom is 0.113 e. The predicted molar refractivity (Wildman–Crippen MR) is 34.1 cm³/mol. The third kappa shape index (κ3) is 0.745. The van der Waals surface area contributed by atoms with Gasteiger partial charge in [-0.3, -0.25) is 4.68 Å². The van der Waals surface area contributed by atoms with Crippen LogP contribution in [0.25, 0.3) is 0 Å². The summed E-state index contributed by atoms with van der Waals surface area (Å²) < 4.78 is 2.06. The molecule has 2 heteroatoms. The summed E-state index contributed by atoms with van der Waals surface area (Å²) in [6, 6.07) is 2.63. The number of nitrogens with zero attached hydrogens (tertiary/aromatic N) is 2. The Balaban J connectivity index is 2.35. The molecule has 0 atom stereocenters. The Labute approximate surface area is 54.5 Å². The molecule has 47 valence electrons. The van der Waals surface area contributed by atoms with E-state index >= 15 is 0 Å². The zero-order chi connectivity index (χ0) is 6.27. The first-order valence-corrected chi connectivity index (χ1v) is 3.30. The van der Waals surface area contributed by atoms with Gasteiger partial charge in [-0.2, -0.15) is 5.10 Å². The molecular weight excluding hydrogens is 112 g/mol. The molecule has 1 aliphatic rings. The van der Waals surface area contributed by atoms with E-state index in [9.17, 15) is 0 Å². The fourth-order valence-electron chi connectivity index (χ4n) is 1.02. The normalized spacial score (nSPS) is 18.3. The second-order valence-electron chi connectivity index (χ2n) is 2.59. The van der Waals surface area contributed by atoms with Gasteiger partial charge in [-0.1, -0.05) is 0 Å². The van der Waals surface area contributed by atoms with Crippen LogP contribution in [0.5, 0.6) is 0 Å². The van der Waals surface area contributed by atoms with Crippen LogP contribution in [-0.2, 0) is 0 Å².